The van der Waals surface area contributed by atoms with Gasteiger partial charge in [-0.1, -0.05) is 0 Å². The summed E-state index contributed by atoms with van der Waals surface area (Å²) in [5.41, 5.74) is 1.15. The number of fused-ring (bicyclic) bond motifs is 1. The smallest absolute Gasteiger partial charge is 0.215 e. The van der Waals surface area contributed by atoms with Gasteiger partial charge < -0.3 is 9.47 Å². The van der Waals surface area contributed by atoms with Crippen LogP contribution in [-0.4, -0.2) is 27.0 Å². The molecule has 0 bridgehead atoms. The third-order valence-corrected chi connectivity index (χ3v) is 3.45. The zero-order valence-corrected chi connectivity index (χ0v) is 9.98. The van der Waals surface area contributed by atoms with E-state index in [9.17, 15) is 0 Å². The molecule has 1 fully saturated rings. The molecule has 4 nitrogen and oxygen atoms in total. The van der Waals surface area contributed by atoms with Crippen molar-refractivity contribution in [2.45, 2.75) is 26.2 Å². The second kappa shape index (κ2) is 3.54. The van der Waals surface area contributed by atoms with Crippen molar-refractivity contribution in [2.75, 3.05) is 18.0 Å². The Morgan fingerprint density at radius 3 is 2.62 bits per heavy atom. The van der Waals surface area contributed by atoms with E-state index in [0.717, 1.165) is 11.5 Å². The number of aromatic nitrogens is 3. The highest BCUT2D eigenvalue weighted by molar-refractivity contribution is 5.54. The quantitative estimate of drug-likeness (QED) is 0.731. The van der Waals surface area contributed by atoms with E-state index < -0.39 is 0 Å². The van der Waals surface area contributed by atoms with Gasteiger partial charge in [0, 0.05) is 32.5 Å². The van der Waals surface area contributed by atoms with Crippen molar-refractivity contribution in [3.05, 3.63) is 18.1 Å². The molecule has 3 rings (SSSR count). The Hall–Kier alpha value is -1.45. The average Bonchev–Trinajstić information content (AvgIpc) is 2.80. The molecule has 0 aliphatic carbocycles. The summed E-state index contributed by atoms with van der Waals surface area (Å²) in [6, 6.07) is 0. The van der Waals surface area contributed by atoms with Crippen molar-refractivity contribution in [3.8, 4) is 0 Å². The van der Waals surface area contributed by atoms with Gasteiger partial charge in [0.15, 0.2) is 0 Å². The molecule has 0 N–H and O–H groups in total. The molecule has 2 aromatic heterocycles. The van der Waals surface area contributed by atoms with Crippen molar-refractivity contribution >= 4 is 11.6 Å². The standard InChI is InChI=1S/C12H18N4/c1-10-11(15-6-4-3-5-7-15)16-9-8-14(2)12(16)13-10/h8-9H,3-7H2,1-2H3. The number of nitrogens with zero attached hydrogens (tertiary/aromatic N) is 4. The first-order valence-electron chi connectivity index (χ1n) is 6.02. The van der Waals surface area contributed by atoms with E-state index in [1.54, 1.807) is 0 Å². The van der Waals surface area contributed by atoms with Crippen molar-refractivity contribution in [2.24, 2.45) is 7.05 Å². The summed E-state index contributed by atoms with van der Waals surface area (Å²) in [6.07, 6.45) is 8.15. The summed E-state index contributed by atoms with van der Waals surface area (Å²) in [4.78, 5) is 7.10. The number of piperidine rings is 1. The van der Waals surface area contributed by atoms with Crippen LogP contribution in [0.5, 0.6) is 0 Å². The molecule has 0 unspecified atom stereocenters. The molecular weight excluding hydrogens is 200 g/mol. The summed E-state index contributed by atoms with van der Waals surface area (Å²) < 4.78 is 4.28. The molecule has 3 heterocycles. The third-order valence-electron chi connectivity index (χ3n) is 3.45. The third kappa shape index (κ3) is 1.32. The highest BCUT2D eigenvalue weighted by Gasteiger charge is 2.19. The van der Waals surface area contributed by atoms with Crippen LogP contribution < -0.4 is 4.90 Å². The first-order chi connectivity index (χ1) is 7.77. The fourth-order valence-electron chi connectivity index (χ4n) is 2.63. The van der Waals surface area contributed by atoms with E-state index in [4.69, 9.17) is 0 Å². The molecule has 1 saturated heterocycles. The van der Waals surface area contributed by atoms with E-state index >= 15 is 0 Å². The minimum Gasteiger partial charge on any atom is -0.356 e. The lowest BCUT2D eigenvalue weighted by atomic mass is 10.1. The summed E-state index contributed by atoms with van der Waals surface area (Å²) in [6.45, 7) is 4.45. The van der Waals surface area contributed by atoms with Crippen LogP contribution in [0.15, 0.2) is 12.4 Å². The van der Waals surface area contributed by atoms with Crippen LogP contribution in [-0.2, 0) is 7.05 Å². The Kier molecular flexibility index (Phi) is 2.16. The minimum atomic E-state index is 1.04. The van der Waals surface area contributed by atoms with E-state index in [0.29, 0.717) is 0 Å². The molecule has 4 heteroatoms. The lowest BCUT2D eigenvalue weighted by Crippen LogP contribution is -2.30. The van der Waals surface area contributed by atoms with Crippen molar-refractivity contribution < 1.29 is 0 Å². The highest BCUT2D eigenvalue weighted by Crippen LogP contribution is 2.25. The fraction of sp³-hybridized carbons (Fsp3) is 0.583. The SMILES string of the molecule is Cc1nc2n(C)ccn2c1N1CCCCC1. The Bertz CT molecular complexity index is 502. The van der Waals surface area contributed by atoms with Gasteiger partial charge in [-0.25, -0.2) is 4.98 Å². The number of rotatable bonds is 1. The van der Waals surface area contributed by atoms with E-state index in [2.05, 4.69) is 38.2 Å². The van der Waals surface area contributed by atoms with Crippen LogP contribution in [0.4, 0.5) is 5.82 Å². The van der Waals surface area contributed by atoms with E-state index in [-0.39, 0.29) is 0 Å². The van der Waals surface area contributed by atoms with Gasteiger partial charge >= 0.3 is 0 Å². The van der Waals surface area contributed by atoms with Gasteiger partial charge in [-0.2, -0.15) is 0 Å². The maximum Gasteiger partial charge on any atom is 0.215 e. The fourth-order valence-corrected chi connectivity index (χ4v) is 2.63. The molecule has 2 aromatic rings. The van der Waals surface area contributed by atoms with Gasteiger partial charge in [-0.3, -0.25) is 4.40 Å². The van der Waals surface area contributed by atoms with Crippen molar-refractivity contribution in [3.63, 3.8) is 0 Å². The summed E-state index contributed by atoms with van der Waals surface area (Å²) in [7, 11) is 2.04. The average molecular weight is 218 g/mol. The van der Waals surface area contributed by atoms with Crippen LogP contribution >= 0.6 is 0 Å². The van der Waals surface area contributed by atoms with Crippen LogP contribution in [0.2, 0.25) is 0 Å². The largest absolute Gasteiger partial charge is 0.356 e. The number of aryl methyl sites for hydroxylation is 2. The van der Waals surface area contributed by atoms with Gasteiger partial charge in [-0.15, -0.1) is 0 Å². The van der Waals surface area contributed by atoms with Gasteiger partial charge in [-0.05, 0) is 26.2 Å². The predicted molar refractivity (Wildman–Crippen MR) is 65.0 cm³/mol. The van der Waals surface area contributed by atoms with Gasteiger partial charge in [0.1, 0.15) is 5.82 Å². The minimum absolute atomic E-state index is 1.04. The second-order valence-corrected chi connectivity index (χ2v) is 4.65. The Balaban J connectivity index is 2.10. The molecule has 0 amide bonds. The Morgan fingerprint density at radius 2 is 1.88 bits per heavy atom. The monoisotopic (exact) mass is 218 g/mol. The lowest BCUT2D eigenvalue weighted by molar-refractivity contribution is 0.571. The molecule has 0 aromatic carbocycles. The van der Waals surface area contributed by atoms with Crippen molar-refractivity contribution in [1.82, 2.24) is 14.0 Å². The predicted octanol–water partition coefficient (Wildman–Crippen LogP) is 1.97. The second-order valence-electron chi connectivity index (χ2n) is 4.65. The normalized spacial score (nSPS) is 17.2. The molecule has 0 atom stereocenters. The first kappa shape index (κ1) is 9.75. The zero-order valence-electron chi connectivity index (χ0n) is 9.98. The first-order valence-corrected chi connectivity index (χ1v) is 6.02. The van der Waals surface area contributed by atoms with E-state index in [1.807, 2.05) is 7.05 Å². The molecule has 0 spiro atoms. The molecular formula is C12H18N4. The number of hydrogen-bond acceptors (Lipinski definition) is 2. The molecule has 0 radical (unpaired) electrons. The van der Waals surface area contributed by atoms with E-state index in [1.165, 1.54) is 38.2 Å². The summed E-state index contributed by atoms with van der Waals surface area (Å²) in [5.74, 6) is 2.33. The van der Waals surface area contributed by atoms with Crippen LogP contribution in [0, 0.1) is 6.92 Å². The maximum atomic E-state index is 4.63. The topological polar surface area (TPSA) is 25.5 Å². The maximum absolute atomic E-state index is 4.63. The Labute approximate surface area is 95.5 Å². The van der Waals surface area contributed by atoms with Crippen LogP contribution in [0.25, 0.3) is 5.78 Å². The molecule has 0 saturated carbocycles. The molecule has 16 heavy (non-hydrogen) atoms. The lowest BCUT2D eigenvalue weighted by Gasteiger charge is -2.28. The Morgan fingerprint density at radius 1 is 1.12 bits per heavy atom. The number of imidazole rings is 2. The molecule has 86 valence electrons. The number of hydrogen-bond donors (Lipinski definition) is 0. The summed E-state index contributed by atoms with van der Waals surface area (Å²) in [5, 5.41) is 0. The molecule has 1 aliphatic rings. The van der Waals surface area contributed by atoms with Crippen LogP contribution in [0.3, 0.4) is 0 Å². The summed E-state index contributed by atoms with van der Waals surface area (Å²) >= 11 is 0. The van der Waals surface area contributed by atoms with Gasteiger partial charge in [0.2, 0.25) is 5.78 Å². The molecule has 1 aliphatic heterocycles. The van der Waals surface area contributed by atoms with Gasteiger partial charge in [0.05, 0.1) is 5.69 Å². The van der Waals surface area contributed by atoms with Crippen molar-refractivity contribution in [1.29, 1.82) is 0 Å². The highest BCUT2D eigenvalue weighted by atomic mass is 15.3. The number of anilines is 1. The zero-order chi connectivity index (χ0) is 11.1. The van der Waals surface area contributed by atoms with Crippen LogP contribution in [0.1, 0.15) is 25.0 Å². The van der Waals surface area contributed by atoms with Gasteiger partial charge in [0.25, 0.3) is 0 Å².